The van der Waals surface area contributed by atoms with Crippen LogP contribution in [-0.2, 0) is 6.54 Å². The van der Waals surface area contributed by atoms with Crippen LogP contribution in [-0.4, -0.2) is 5.11 Å². The quantitative estimate of drug-likeness (QED) is 0.439. The molecule has 0 amide bonds. The third-order valence-electron chi connectivity index (χ3n) is 3.53. The fourth-order valence-corrected chi connectivity index (χ4v) is 4.00. The smallest absolute Gasteiger partial charge is 0.157 e. The summed E-state index contributed by atoms with van der Waals surface area (Å²) in [5, 5.41) is 14.6. The predicted molar refractivity (Wildman–Crippen MR) is 107 cm³/mol. The van der Waals surface area contributed by atoms with Crippen LogP contribution in [0.2, 0.25) is 15.1 Å². The Morgan fingerprint density at radius 2 is 1.52 bits per heavy atom. The van der Waals surface area contributed by atoms with Crippen LogP contribution in [0.15, 0.2) is 70.5 Å². The molecule has 2 nitrogen and oxygen atoms in total. The van der Waals surface area contributed by atoms with Crippen LogP contribution in [0.4, 0.5) is 5.69 Å². The van der Waals surface area contributed by atoms with E-state index in [2.05, 4.69) is 5.32 Å². The van der Waals surface area contributed by atoms with Crippen molar-refractivity contribution in [2.45, 2.75) is 16.3 Å². The summed E-state index contributed by atoms with van der Waals surface area (Å²) in [6.45, 7) is 0.512. The number of phenols is 1. The van der Waals surface area contributed by atoms with Gasteiger partial charge in [-0.1, -0.05) is 76.9 Å². The molecule has 2 N–H and O–H groups in total. The third-order valence-corrected chi connectivity index (χ3v) is 5.67. The molecular weight excluding hydrogens is 397 g/mol. The van der Waals surface area contributed by atoms with Crippen LogP contribution < -0.4 is 5.32 Å². The number of phenolic OH excluding ortho intramolecular Hbond substituents is 1. The summed E-state index contributed by atoms with van der Waals surface area (Å²) >= 11 is 19.8. The molecule has 0 spiro atoms. The first-order chi connectivity index (χ1) is 12.0. The Labute approximate surface area is 165 Å². The summed E-state index contributed by atoms with van der Waals surface area (Å²) in [5.41, 5.74) is 1.57. The van der Waals surface area contributed by atoms with Crippen LogP contribution in [0.3, 0.4) is 0 Å². The molecule has 3 aromatic carbocycles. The lowest BCUT2D eigenvalue weighted by molar-refractivity contribution is 0.477. The predicted octanol–water partition coefficient (Wildman–Crippen LogP) is 7.12. The van der Waals surface area contributed by atoms with Crippen molar-refractivity contribution < 1.29 is 5.11 Å². The molecule has 0 aliphatic rings. The van der Waals surface area contributed by atoms with Gasteiger partial charge in [-0.25, -0.2) is 0 Å². The van der Waals surface area contributed by atoms with Crippen molar-refractivity contribution >= 4 is 52.3 Å². The molecule has 0 heterocycles. The minimum Gasteiger partial charge on any atom is -0.504 e. The molecule has 0 fully saturated rings. The molecule has 0 radical (unpaired) electrons. The lowest BCUT2D eigenvalue weighted by Crippen LogP contribution is -2.01. The summed E-state index contributed by atoms with van der Waals surface area (Å²) in [4.78, 5) is 2.07. The van der Waals surface area contributed by atoms with Gasteiger partial charge in [0.2, 0.25) is 0 Å². The van der Waals surface area contributed by atoms with Gasteiger partial charge in [0, 0.05) is 21.4 Å². The van der Waals surface area contributed by atoms with Crippen molar-refractivity contribution in [1.82, 2.24) is 0 Å². The molecule has 0 aliphatic carbocycles. The van der Waals surface area contributed by atoms with Crippen molar-refractivity contribution in [3.05, 3.63) is 81.3 Å². The Hall–Kier alpha value is -1.52. The Morgan fingerprint density at radius 3 is 2.28 bits per heavy atom. The average Bonchev–Trinajstić information content (AvgIpc) is 2.60. The number of anilines is 1. The highest BCUT2D eigenvalue weighted by atomic mass is 35.5. The van der Waals surface area contributed by atoms with E-state index >= 15 is 0 Å². The molecule has 0 saturated heterocycles. The topological polar surface area (TPSA) is 32.3 Å². The summed E-state index contributed by atoms with van der Waals surface area (Å²) in [7, 11) is 0. The maximum Gasteiger partial charge on any atom is 0.157 e. The monoisotopic (exact) mass is 409 g/mol. The van der Waals surface area contributed by atoms with Crippen LogP contribution >= 0.6 is 46.6 Å². The van der Waals surface area contributed by atoms with Crippen LogP contribution in [0.5, 0.6) is 5.75 Å². The Morgan fingerprint density at radius 1 is 0.840 bits per heavy atom. The van der Waals surface area contributed by atoms with Gasteiger partial charge in [-0.15, -0.1) is 0 Å². The van der Waals surface area contributed by atoms with Crippen molar-refractivity contribution in [2.75, 3.05) is 5.32 Å². The number of hydrogen-bond acceptors (Lipinski definition) is 3. The highest BCUT2D eigenvalue weighted by Crippen LogP contribution is 2.37. The molecule has 128 valence electrons. The van der Waals surface area contributed by atoms with Crippen molar-refractivity contribution in [3.63, 3.8) is 0 Å². The number of benzene rings is 3. The summed E-state index contributed by atoms with van der Waals surface area (Å²) in [6, 6.07) is 18.9. The van der Waals surface area contributed by atoms with Gasteiger partial charge in [0.15, 0.2) is 5.75 Å². The number of hydrogen-bond donors (Lipinski definition) is 2. The SMILES string of the molecule is Oc1c(Cl)cc(Cl)cc1NCc1ccccc1Sc1ccccc1Cl. The minimum atomic E-state index is -0.0118. The van der Waals surface area contributed by atoms with E-state index in [9.17, 15) is 5.11 Å². The summed E-state index contributed by atoms with van der Waals surface area (Å²) in [6.07, 6.45) is 0. The Balaban J connectivity index is 1.81. The number of aromatic hydroxyl groups is 1. The molecule has 3 aromatic rings. The van der Waals surface area contributed by atoms with Crippen molar-refractivity contribution in [1.29, 1.82) is 0 Å². The zero-order valence-corrected chi connectivity index (χ0v) is 16.1. The minimum absolute atomic E-state index is 0.0118. The molecule has 0 bridgehead atoms. The first-order valence-corrected chi connectivity index (χ1v) is 9.42. The summed E-state index contributed by atoms with van der Waals surface area (Å²) in [5.74, 6) is -0.0118. The molecule has 25 heavy (non-hydrogen) atoms. The standard InChI is InChI=1S/C19H14Cl3NOS/c20-13-9-15(22)19(24)16(10-13)23-11-12-5-1-3-7-17(12)25-18-8-4-2-6-14(18)21/h1-10,23-24H,11H2. The van der Waals surface area contributed by atoms with Gasteiger partial charge in [0.25, 0.3) is 0 Å². The molecule has 0 atom stereocenters. The Bertz CT molecular complexity index is 902. The van der Waals surface area contributed by atoms with Gasteiger partial charge in [-0.05, 0) is 35.9 Å². The number of nitrogens with one attached hydrogen (secondary N) is 1. The molecule has 0 aromatic heterocycles. The number of rotatable bonds is 5. The largest absolute Gasteiger partial charge is 0.504 e. The van der Waals surface area contributed by atoms with Gasteiger partial charge < -0.3 is 10.4 Å². The molecule has 6 heteroatoms. The highest BCUT2D eigenvalue weighted by Gasteiger charge is 2.10. The second-order valence-corrected chi connectivity index (χ2v) is 7.61. The van der Waals surface area contributed by atoms with E-state index in [1.54, 1.807) is 17.8 Å². The van der Waals surface area contributed by atoms with E-state index in [4.69, 9.17) is 34.8 Å². The lowest BCUT2D eigenvalue weighted by Gasteiger charge is -2.13. The van der Waals surface area contributed by atoms with Gasteiger partial charge in [0.05, 0.1) is 15.7 Å². The normalized spacial score (nSPS) is 10.7. The van der Waals surface area contributed by atoms with E-state index < -0.39 is 0 Å². The fourth-order valence-electron chi connectivity index (χ4n) is 2.29. The van der Waals surface area contributed by atoms with E-state index in [1.165, 1.54) is 6.07 Å². The maximum absolute atomic E-state index is 10.1. The van der Waals surface area contributed by atoms with Crippen LogP contribution in [0, 0.1) is 0 Å². The Kier molecular flexibility index (Phi) is 6.02. The highest BCUT2D eigenvalue weighted by molar-refractivity contribution is 7.99. The average molecular weight is 411 g/mol. The van der Waals surface area contributed by atoms with Gasteiger partial charge >= 0.3 is 0 Å². The van der Waals surface area contributed by atoms with Crippen molar-refractivity contribution in [3.8, 4) is 5.75 Å². The maximum atomic E-state index is 10.1. The zero-order chi connectivity index (χ0) is 17.8. The van der Waals surface area contributed by atoms with E-state index in [0.717, 1.165) is 20.4 Å². The zero-order valence-electron chi connectivity index (χ0n) is 13.0. The van der Waals surface area contributed by atoms with Crippen LogP contribution in [0.1, 0.15) is 5.56 Å². The molecule has 0 aliphatic heterocycles. The van der Waals surface area contributed by atoms with Crippen LogP contribution in [0.25, 0.3) is 0 Å². The lowest BCUT2D eigenvalue weighted by atomic mass is 10.2. The van der Waals surface area contributed by atoms with Gasteiger partial charge in [-0.3, -0.25) is 0 Å². The summed E-state index contributed by atoms with van der Waals surface area (Å²) < 4.78 is 0. The van der Waals surface area contributed by atoms with E-state index in [1.807, 2.05) is 48.5 Å². The van der Waals surface area contributed by atoms with Gasteiger partial charge in [-0.2, -0.15) is 0 Å². The second kappa shape index (κ2) is 8.24. The third kappa shape index (κ3) is 4.56. The van der Waals surface area contributed by atoms with E-state index in [0.29, 0.717) is 17.3 Å². The van der Waals surface area contributed by atoms with E-state index in [-0.39, 0.29) is 10.8 Å². The molecule has 0 saturated carbocycles. The first-order valence-electron chi connectivity index (χ1n) is 7.47. The molecular formula is C19H14Cl3NOS. The van der Waals surface area contributed by atoms with Gasteiger partial charge in [0.1, 0.15) is 0 Å². The molecule has 3 rings (SSSR count). The van der Waals surface area contributed by atoms with Crippen molar-refractivity contribution in [2.24, 2.45) is 0 Å². The fraction of sp³-hybridized carbons (Fsp3) is 0.0526. The second-order valence-electron chi connectivity index (χ2n) is 5.28. The molecule has 0 unspecified atom stereocenters. The first kappa shape index (κ1) is 18.3. The number of halogens is 3.